The van der Waals surface area contributed by atoms with Crippen LogP contribution in [-0.4, -0.2) is 45.2 Å². The van der Waals surface area contributed by atoms with Crippen LogP contribution < -0.4 is 10.6 Å². The second-order valence-electron chi connectivity index (χ2n) is 6.06. The molecule has 7 nitrogen and oxygen atoms in total. The SMILES string of the molecule is Cc1nnnn1C(Cc1ccc(F)cc1)C(=O)NCC1CCCN1. The molecular formula is C16H21FN6O. The highest BCUT2D eigenvalue weighted by Gasteiger charge is 2.25. The van der Waals surface area contributed by atoms with E-state index in [1.165, 1.54) is 16.8 Å². The molecular weight excluding hydrogens is 311 g/mol. The smallest absolute Gasteiger partial charge is 0.245 e. The van der Waals surface area contributed by atoms with Gasteiger partial charge in [-0.1, -0.05) is 12.1 Å². The molecule has 0 saturated carbocycles. The molecule has 1 aromatic heterocycles. The lowest BCUT2D eigenvalue weighted by Gasteiger charge is -2.19. The molecule has 1 saturated heterocycles. The van der Waals surface area contributed by atoms with E-state index in [9.17, 15) is 9.18 Å². The molecule has 0 aliphatic carbocycles. The van der Waals surface area contributed by atoms with Crippen molar-refractivity contribution in [2.24, 2.45) is 0 Å². The van der Waals surface area contributed by atoms with Gasteiger partial charge < -0.3 is 10.6 Å². The van der Waals surface area contributed by atoms with Crippen molar-refractivity contribution in [3.63, 3.8) is 0 Å². The van der Waals surface area contributed by atoms with Crippen molar-refractivity contribution in [3.8, 4) is 0 Å². The van der Waals surface area contributed by atoms with E-state index in [4.69, 9.17) is 0 Å². The number of rotatable bonds is 6. The fourth-order valence-electron chi connectivity index (χ4n) is 2.93. The molecule has 24 heavy (non-hydrogen) atoms. The predicted molar refractivity (Wildman–Crippen MR) is 85.7 cm³/mol. The largest absolute Gasteiger partial charge is 0.353 e. The average Bonchev–Trinajstić information content (AvgIpc) is 3.24. The number of nitrogens with zero attached hydrogens (tertiary/aromatic N) is 4. The molecule has 0 radical (unpaired) electrons. The minimum absolute atomic E-state index is 0.136. The lowest BCUT2D eigenvalue weighted by atomic mass is 10.0. The first kappa shape index (κ1) is 16.5. The molecule has 0 spiro atoms. The molecule has 2 aromatic rings. The van der Waals surface area contributed by atoms with Crippen LogP contribution in [0.3, 0.4) is 0 Å². The van der Waals surface area contributed by atoms with Crippen LogP contribution in [0.25, 0.3) is 0 Å². The summed E-state index contributed by atoms with van der Waals surface area (Å²) in [5.74, 6) is 0.130. The van der Waals surface area contributed by atoms with Crippen LogP contribution in [0.4, 0.5) is 4.39 Å². The highest BCUT2D eigenvalue weighted by Crippen LogP contribution is 2.16. The van der Waals surface area contributed by atoms with E-state index in [-0.39, 0.29) is 11.7 Å². The third kappa shape index (κ3) is 3.94. The van der Waals surface area contributed by atoms with Crippen LogP contribution in [0.2, 0.25) is 0 Å². The number of hydrogen-bond acceptors (Lipinski definition) is 5. The van der Waals surface area contributed by atoms with E-state index in [0.717, 1.165) is 24.9 Å². The van der Waals surface area contributed by atoms with Gasteiger partial charge in [0.25, 0.3) is 0 Å². The van der Waals surface area contributed by atoms with Gasteiger partial charge in [-0.2, -0.15) is 0 Å². The van der Waals surface area contributed by atoms with Crippen LogP contribution >= 0.6 is 0 Å². The summed E-state index contributed by atoms with van der Waals surface area (Å²) < 4.78 is 14.6. The number of amides is 1. The normalized spacial score (nSPS) is 18.5. The van der Waals surface area contributed by atoms with Gasteiger partial charge >= 0.3 is 0 Å². The van der Waals surface area contributed by atoms with Gasteiger partial charge in [0.1, 0.15) is 17.7 Å². The Hall–Kier alpha value is -2.35. The monoisotopic (exact) mass is 332 g/mol. The predicted octanol–water partition coefficient (Wildman–Crippen LogP) is 0.773. The number of halogens is 1. The Morgan fingerprint density at radius 1 is 1.46 bits per heavy atom. The average molecular weight is 332 g/mol. The minimum atomic E-state index is -0.563. The lowest BCUT2D eigenvalue weighted by Crippen LogP contribution is -2.41. The summed E-state index contributed by atoms with van der Waals surface area (Å²) in [5, 5.41) is 17.8. The summed E-state index contributed by atoms with van der Waals surface area (Å²) >= 11 is 0. The van der Waals surface area contributed by atoms with Gasteiger partial charge in [-0.25, -0.2) is 9.07 Å². The molecule has 2 heterocycles. The van der Waals surface area contributed by atoms with Crippen molar-refractivity contribution in [3.05, 3.63) is 41.5 Å². The first-order valence-electron chi connectivity index (χ1n) is 8.13. The van der Waals surface area contributed by atoms with Crippen molar-refractivity contribution in [1.29, 1.82) is 0 Å². The summed E-state index contributed by atoms with van der Waals surface area (Å²) in [6, 6.07) is 5.88. The Bertz CT molecular complexity index is 680. The standard InChI is InChI=1S/C16H21FN6O/c1-11-20-21-22-23(11)15(9-12-4-6-13(17)7-5-12)16(24)19-10-14-3-2-8-18-14/h4-7,14-15,18H,2-3,8-10H2,1H3,(H,19,24). The number of carbonyl (C=O) groups is 1. The van der Waals surface area contributed by atoms with Gasteiger partial charge in [0.15, 0.2) is 0 Å². The summed E-state index contributed by atoms with van der Waals surface area (Å²) in [7, 11) is 0. The van der Waals surface area contributed by atoms with Crippen molar-refractivity contribution in [2.45, 2.75) is 38.3 Å². The zero-order valence-corrected chi connectivity index (χ0v) is 13.6. The van der Waals surface area contributed by atoms with Gasteiger partial charge in [-0.05, 0) is 54.4 Å². The maximum atomic E-state index is 13.1. The van der Waals surface area contributed by atoms with Crippen LogP contribution in [-0.2, 0) is 11.2 Å². The summed E-state index contributed by atoms with van der Waals surface area (Å²) in [6.45, 7) is 3.33. The van der Waals surface area contributed by atoms with Crippen molar-refractivity contribution in [2.75, 3.05) is 13.1 Å². The van der Waals surface area contributed by atoms with Crippen molar-refractivity contribution >= 4 is 5.91 Å². The zero-order chi connectivity index (χ0) is 16.9. The number of nitrogens with one attached hydrogen (secondary N) is 2. The maximum Gasteiger partial charge on any atom is 0.245 e. The number of aromatic nitrogens is 4. The molecule has 0 bridgehead atoms. The van der Waals surface area contributed by atoms with E-state index >= 15 is 0 Å². The molecule has 2 N–H and O–H groups in total. The number of benzene rings is 1. The molecule has 2 unspecified atom stereocenters. The Labute approximate surface area is 139 Å². The van der Waals surface area contributed by atoms with Gasteiger partial charge in [0.05, 0.1) is 0 Å². The second kappa shape index (κ2) is 7.48. The highest BCUT2D eigenvalue weighted by atomic mass is 19.1. The lowest BCUT2D eigenvalue weighted by molar-refractivity contribution is -0.124. The molecule has 3 rings (SSSR count). The van der Waals surface area contributed by atoms with Crippen LogP contribution in [0, 0.1) is 12.7 Å². The molecule has 128 valence electrons. The number of aryl methyl sites for hydroxylation is 1. The van der Waals surface area contributed by atoms with Gasteiger partial charge in [0, 0.05) is 19.0 Å². The molecule has 8 heteroatoms. The Morgan fingerprint density at radius 2 is 2.25 bits per heavy atom. The minimum Gasteiger partial charge on any atom is -0.353 e. The molecule has 1 fully saturated rings. The first-order chi connectivity index (χ1) is 11.6. The van der Waals surface area contributed by atoms with Crippen molar-refractivity contribution < 1.29 is 9.18 Å². The van der Waals surface area contributed by atoms with E-state index in [0.29, 0.717) is 24.8 Å². The molecule has 1 aliphatic rings. The van der Waals surface area contributed by atoms with Gasteiger partial charge in [-0.15, -0.1) is 5.10 Å². The number of hydrogen-bond donors (Lipinski definition) is 2. The highest BCUT2D eigenvalue weighted by molar-refractivity contribution is 5.80. The second-order valence-corrected chi connectivity index (χ2v) is 6.06. The Kier molecular flexibility index (Phi) is 5.14. The van der Waals surface area contributed by atoms with Gasteiger partial charge in [0.2, 0.25) is 5.91 Å². The van der Waals surface area contributed by atoms with Gasteiger partial charge in [-0.3, -0.25) is 4.79 Å². The summed E-state index contributed by atoms with van der Waals surface area (Å²) in [6.07, 6.45) is 2.59. The Balaban J connectivity index is 1.72. The fraction of sp³-hybridized carbons (Fsp3) is 0.500. The van der Waals surface area contributed by atoms with E-state index < -0.39 is 6.04 Å². The zero-order valence-electron chi connectivity index (χ0n) is 13.6. The molecule has 2 atom stereocenters. The maximum absolute atomic E-state index is 13.1. The fourth-order valence-corrected chi connectivity index (χ4v) is 2.93. The van der Waals surface area contributed by atoms with Crippen LogP contribution in [0.5, 0.6) is 0 Å². The molecule has 1 aromatic carbocycles. The third-order valence-corrected chi connectivity index (χ3v) is 4.28. The van der Waals surface area contributed by atoms with E-state index in [1.807, 2.05) is 0 Å². The summed E-state index contributed by atoms with van der Waals surface area (Å²) in [5.41, 5.74) is 0.852. The Morgan fingerprint density at radius 3 is 2.88 bits per heavy atom. The number of carbonyl (C=O) groups excluding carboxylic acids is 1. The number of tetrazole rings is 1. The molecule has 1 amide bonds. The third-order valence-electron chi connectivity index (χ3n) is 4.28. The summed E-state index contributed by atoms with van der Waals surface area (Å²) in [4.78, 5) is 12.7. The first-order valence-corrected chi connectivity index (χ1v) is 8.13. The molecule has 1 aliphatic heterocycles. The van der Waals surface area contributed by atoms with Crippen molar-refractivity contribution in [1.82, 2.24) is 30.8 Å². The van der Waals surface area contributed by atoms with E-state index in [1.54, 1.807) is 19.1 Å². The quantitative estimate of drug-likeness (QED) is 0.816. The van der Waals surface area contributed by atoms with Crippen LogP contribution in [0.1, 0.15) is 30.3 Å². The van der Waals surface area contributed by atoms with E-state index in [2.05, 4.69) is 26.2 Å². The van der Waals surface area contributed by atoms with Crippen LogP contribution in [0.15, 0.2) is 24.3 Å². The topological polar surface area (TPSA) is 84.7 Å².